The molecule has 1 heterocycles. The highest BCUT2D eigenvalue weighted by molar-refractivity contribution is 4.73. The van der Waals surface area contributed by atoms with Crippen LogP contribution in [0.15, 0.2) is 0 Å². The van der Waals surface area contributed by atoms with Crippen LogP contribution in [0.5, 0.6) is 0 Å². The van der Waals surface area contributed by atoms with E-state index >= 15 is 0 Å². The van der Waals surface area contributed by atoms with Crippen molar-refractivity contribution in [3.05, 3.63) is 0 Å². The van der Waals surface area contributed by atoms with Crippen molar-refractivity contribution in [1.29, 1.82) is 0 Å². The van der Waals surface area contributed by atoms with E-state index in [1.165, 1.54) is 19.6 Å². The van der Waals surface area contributed by atoms with Crippen molar-refractivity contribution >= 4 is 0 Å². The minimum atomic E-state index is 0.456. The summed E-state index contributed by atoms with van der Waals surface area (Å²) in [6.45, 7) is 12.9. The van der Waals surface area contributed by atoms with E-state index < -0.39 is 0 Å². The van der Waals surface area contributed by atoms with Gasteiger partial charge in [-0.3, -0.25) is 0 Å². The second-order valence-electron chi connectivity index (χ2n) is 4.59. The van der Waals surface area contributed by atoms with E-state index in [0.29, 0.717) is 5.41 Å². The van der Waals surface area contributed by atoms with Crippen LogP contribution >= 0.6 is 0 Å². The number of piperazine rings is 1. The van der Waals surface area contributed by atoms with E-state index in [9.17, 15) is 0 Å². The van der Waals surface area contributed by atoms with Crippen molar-refractivity contribution in [3.63, 3.8) is 0 Å². The molecule has 2 nitrogen and oxygen atoms in total. The minimum absolute atomic E-state index is 0.456. The molecule has 0 aliphatic carbocycles. The molecule has 1 saturated heterocycles. The molecule has 0 aromatic rings. The van der Waals surface area contributed by atoms with Gasteiger partial charge in [0.05, 0.1) is 0 Å². The fourth-order valence-corrected chi connectivity index (χ4v) is 1.54. The Kier molecular flexibility index (Phi) is 2.90. The Morgan fingerprint density at radius 1 is 1.18 bits per heavy atom. The van der Waals surface area contributed by atoms with Crippen LogP contribution in [0, 0.1) is 5.41 Å². The van der Waals surface area contributed by atoms with E-state index in [1.807, 2.05) is 0 Å². The lowest BCUT2D eigenvalue weighted by Crippen LogP contribution is -2.46. The van der Waals surface area contributed by atoms with Gasteiger partial charge >= 0.3 is 0 Å². The van der Waals surface area contributed by atoms with Crippen LogP contribution in [-0.2, 0) is 0 Å². The molecule has 0 spiro atoms. The predicted molar refractivity (Wildman–Crippen MR) is 48.8 cm³/mol. The molecule has 11 heavy (non-hydrogen) atoms. The molecule has 2 heteroatoms. The Morgan fingerprint density at radius 2 is 1.73 bits per heavy atom. The number of rotatable bonds is 1. The first-order valence-electron chi connectivity index (χ1n) is 4.51. The molecular weight excluding hydrogens is 136 g/mol. The monoisotopic (exact) mass is 156 g/mol. The van der Waals surface area contributed by atoms with Gasteiger partial charge in [-0.2, -0.15) is 0 Å². The zero-order valence-corrected chi connectivity index (χ0v) is 7.98. The second-order valence-corrected chi connectivity index (χ2v) is 4.59. The van der Waals surface area contributed by atoms with Gasteiger partial charge in [-0.05, 0) is 5.41 Å². The van der Waals surface area contributed by atoms with Gasteiger partial charge in [0.25, 0.3) is 0 Å². The van der Waals surface area contributed by atoms with Crippen LogP contribution in [0.4, 0.5) is 0 Å². The number of nitrogens with one attached hydrogen (secondary N) is 1. The zero-order chi connectivity index (χ0) is 8.32. The van der Waals surface area contributed by atoms with Crippen LogP contribution in [0.25, 0.3) is 0 Å². The van der Waals surface area contributed by atoms with Crippen LogP contribution < -0.4 is 5.32 Å². The average molecular weight is 156 g/mol. The lowest BCUT2D eigenvalue weighted by atomic mass is 9.96. The van der Waals surface area contributed by atoms with E-state index in [2.05, 4.69) is 31.0 Å². The Balaban J connectivity index is 2.24. The molecular formula is C9H20N2. The third kappa shape index (κ3) is 3.73. The van der Waals surface area contributed by atoms with Gasteiger partial charge in [-0.1, -0.05) is 20.8 Å². The van der Waals surface area contributed by atoms with Gasteiger partial charge in [0.15, 0.2) is 0 Å². The quantitative estimate of drug-likeness (QED) is 0.608. The molecule has 1 N–H and O–H groups in total. The smallest absolute Gasteiger partial charge is 0.0108 e. The molecule has 0 atom stereocenters. The van der Waals surface area contributed by atoms with Crippen LogP contribution in [-0.4, -0.2) is 37.6 Å². The van der Waals surface area contributed by atoms with Crippen molar-refractivity contribution in [1.82, 2.24) is 10.2 Å². The highest BCUT2D eigenvalue weighted by atomic mass is 15.2. The summed E-state index contributed by atoms with van der Waals surface area (Å²) < 4.78 is 0. The second kappa shape index (κ2) is 3.55. The zero-order valence-electron chi connectivity index (χ0n) is 7.98. The van der Waals surface area contributed by atoms with Gasteiger partial charge in [-0.25, -0.2) is 0 Å². The van der Waals surface area contributed by atoms with Crippen LogP contribution in [0.2, 0.25) is 0 Å². The molecule has 0 aromatic carbocycles. The van der Waals surface area contributed by atoms with Crippen LogP contribution in [0.1, 0.15) is 20.8 Å². The van der Waals surface area contributed by atoms with Crippen molar-refractivity contribution in [3.8, 4) is 0 Å². The summed E-state index contributed by atoms with van der Waals surface area (Å²) >= 11 is 0. The van der Waals surface area contributed by atoms with Crippen molar-refractivity contribution in [2.75, 3.05) is 32.7 Å². The Bertz CT molecular complexity index is 109. The predicted octanol–water partition coefficient (Wildman–Crippen LogP) is 0.938. The maximum absolute atomic E-state index is 3.36. The maximum Gasteiger partial charge on any atom is 0.0108 e. The summed E-state index contributed by atoms with van der Waals surface area (Å²) in [4.78, 5) is 2.54. The standard InChI is InChI=1S/C9H20N2/c1-9(2,3)8-11-6-4-10-5-7-11/h10H,4-8H2,1-3H3. The van der Waals surface area contributed by atoms with Crippen molar-refractivity contribution < 1.29 is 0 Å². The summed E-state index contributed by atoms with van der Waals surface area (Å²) in [7, 11) is 0. The Hall–Kier alpha value is -0.0800. The summed E-state index contributed by atoms with van der Waals surface area (Å²) in [5, 5.41) is 3.36. The van der Waals surface area contributed by atoms with E-state index in [1.54, 1.807) is 0 Å². The van der Waals surface area contributed by atoms with E-state index in [0.717, 1.165) is 13.1 Å². The van der Waals surface area contributed by atoms with Gasteiger partial charge in [0.2, 0.25) is 0 Å². The summed E-state index contributed by atoms with van der Waals surface area (Å²) in [5.74, 6) is 0. The first kappa shape index (κ1) is 9.01. The lowest BCUT2D eigenvalue weighted by molar-refractivity contribution is 0.172. The maximum atomic E-state index is 3.36. The van der Waals surface area contributed by atoms with E-state index in [4.69, 9.17) is 0 Å². The normalized spacial score (nSPS) is 22.1. The molecule has 0 saturated carbocycles. The highest BCUT2D eigenvalue weighted by Crippen LogP contribution is 2.14. The van der Waals surface area contributed by atoms with Gasteiger partial charge in [0.1, 0.15) is 0 Å². The molecule has 1 rings (SSSR count). The summed E-state index contributed by atoms with van der Waals surface area (Å²) in [6, 6.07) is 0. The molecule has 0 bridgehead atoms. The van der Waals surface area contributed by atoms with Crippen molar-refractivity contribution in [2.45, 2.75) is 20.8 Å². The molecule has 1 fully saturated rings. The summed E-state index contributed by atoms with van der Waals surface area (Å²) in [5.41, 5.74) is 0.456. The molecule has 1 aliphatic rings. The molecule has 66 valence electrons. The van der Waals surface area contributed by atoms with E-state index in [-0.39, 0.29) is 0 Å². The Labute approximate surface area is 70.0 Å². The first-order valence-corrected chi connectivity index (χ1v) is 4.51. The largest absolute Gasteiger partial charge is 0.314 e. The fraction of sp³-hybridized carbons (Fsp3) is 1.00. The molecule has 0 unspecified atom stereocenters. The lowest BCUT2D eigenvalue weighted by Gasteiger charge is -2.32. The van der Waals surface area contributed by atoms with Crippen molar-refractivity contribution in [2.24, 2.45) is 5.41 Å². The SMILES string of the molecule is CC(C)(C)CN1CCNCC1. The number of hydrogen-bond donors (Lipinski definition) is 1. The third-order valence-corrected chi connectivity index (χ3v) is 1.91. The Morgan fingerprint density at radius 3 is 2.18 bits per heavy atom. The topological polar surface area (TPSA) is 15.3 Å². The average Bonchev–Trinajstić information content (AvgIpc) is 1.85. The number of hydrogen-bond acceptors (Lipinski definition) is 2. The van der Waals surface area contributed by atoms with Gasteiger partial charge in [-0.15, -0.1) is 0 Å². The summed E-state index contributed by atoms with van der Waals surface area (Å²) in [6.07, 6.45) is 0. The number of nitrogens with zero attached hydrogens (tertiary/aromatic N) is 1. The molecule has 0 radical (unpaired) electrons. The molecule has 0 amide bonds. The highest BCUT2D eigenvalue weighted by Gasteiger charge is 2.17. The third-order valence-electron chi connectivity index (χ3n) is 1.91. The molecule has 0 aromatic heterocycles. The molecule has 1 aliphatic heterocycles. The fourth-order valence-electron chi connectivity index (χ4n) is 1.54. The minimum Gasteiger partial charge on any atom is -0.314 e. The van der Waals surface area contributed by atoms with Gasteiger partial charge < -0.3 is 10.2 Å². The van der Waals surface area contributed by atoms with Crippen LogP contribution in [0.3, 0.4) is 0 Å². The van der Waals surface area contributed by atoms with Gasteiger partial charge in [0, 0.05) is 32.7 Å². The first-order chi connectivity index (χ1) is 5.08.